The summed E-state index contributed by atoms with van der Waals surface area (Å²) in [5.41, 5.74) is 4.83. The van der Waals surface area contributed by atoms with Crippen LogP contribution < -0.4 is 24.4 Å². The molecule has 0 aliphatic heterocycles. The van der Waals surface area contributed by atoms with Gasteiger partial charge < -0.3 is 18.9 Å². The summed E-state index contributed by atoms with van der Waals surface area (Å²) in [5, 5.41) is 10.9. The van der Waals surface area contributed by atoms with Crippen molar-refractivity contribution in [1.82, 2.24) is 15.6 Å². The minimum atomic E-state index is -0.432. The molecule has 0 radical (unpaired) electrons. The first-order valence-corrected chi connectivity index (χ1v) is 8.92. The van der Waals surface area contributed by atoms with E-state index < -0.39 is 5.91 Å². The fraction of sp³-hybridized carbons (Fsp3) is 0.190. The number of carbonyl (C=O) groups is 1. The number of ether oxygens (including phenoxy) is 4. The number of carbonyl (C=O) groups excluding carboxylic acids is 1. The highest BCUT2D eigenvalue weighted by Gasteiger charge is 2.12. The molecule has 3 rings (SSSR count). The molecule has 0 bridgehead atoms. The number of aromatic amines is 1. The van der Waals surface area contributed by atoms with Gasteiger partial charge in [-0.3, -0.25) is 9.89 Å². The average molecular weight is 410 g/mol. The molecule has 0 unspecified atom stereocenters. The van der Waals surface area contributed by atoms with Gasteiger partial charge in [-0.25, -0.2) is 5.43 Å². The van der Waals surface area contributed by atoms with Crippen molar-refractivity contribution in [2.24, 2.45) is 5.10 Å². The summed E-state index contributed by atoms with van der Waals surface area (Å²) in [5.74, 6) is 1.88. The van der Waals surface area contributed by atoms with Gasteiger partial charge in [0.1, 0.15) is 17.2 Å². The van der Waals surface area contributed by atoms with Crippen LogP contribution in [0.1, 0.15) is 16.1 Å². The molecule has 9 nitrogen and oxygen atoms in total. The van der Waals surface area contributed by atoms with Crippen LogP contribution in [0.4, 0.5) is 0 Å². The summed E-state index contributed by atoms with van der Waals surface area (Å²) >= 11 is 0. The first kappa shape index (κ1) is 20.7. The Bertz CT molecular complexity index is 1040. The average Bonchev–Trinajstić information content (AvgIpc) is 3.29. The molecule has 156 valence electrons. The van der Waals surface area contributed by atoms with Crippen molar-refractivity contribution in [2.75, 3.05) is 28.4 Å². The number of nitrogens with one attached hydrogen (secondary N) is 2. The Balaban J connectivity index is 1.71. The van der Waals surface area contributed by atoms with E-state index in [-0.39, 0.29) is 5.69 Å². The number of hydrogen-bond acceptors (Lipinski definition) is 7. The highest BCUT2D eigenvalue weighted by atomic mass is 16.5. The maximum absolute atomic E-state index is 12.4. The number of benzene rings is 2. The molecule has 1 aromatic heterocycles. The number of hydrazone groups is 1. The minimum Gasteiger partial charge on any atom is -0.497 e. The lowest BCUT2D eigenvalue weighted by Crippen LogP contribution is -2.18. The van der Waals surface area contributed by atoms with Crippen molar-refractivity contribution in [3.8, 4) is 34.3 Å². The summed E-state index contributed by atoms with van der Waals surface area (Å²) in [7, 11) is 6.20. The van der Waals surface area contributed by atoms with E-state index in [2.05, 4.69) is 20.7 Å². The summed E-state index contributed by atoms with van der Waals surface area (Å²) in [4.78, 5) is 12.4. The molecule has 0 atom stereocenters. The van der Waals surface area contributed by atoms with Gasteiger partial charge in [-0.2, -0.15) is 10.2 Å². The van der Waals surface area contributed by atoms with Gasteiger partial charge in [0.15, 0.2) is 11.5 Å². The first-order valence-electron chi connectivity index (χ1n) is 8.92. The van der Waals surface area contributed by atoms with Crippen LogP contribution in [0, 0.1) is 0 Å². The van der Waals surface area contributed by atoms with Gasteiger partial charge in [0, 0.05) is 17.2 Å². The smallest absolute Gasteiger partial charge is 0.289 e. The number of hydrogen-bond donors (Lipinski definition) is 2. The van der Waals surface area contributed by atoms with Gasteiger partial charge in [0.05, 0.1) is 40.3 Å². The fourth-order valence-corrected chi connectivity index (χ4v) is 2.72. The molecule has 0 fully saturated rings. The molecule has 1 amide bonds. The van der Waals surface area contributed by atoms with E-state index >= 15 is 0 Å². The van der Waals surface area contributed by atoms with Crippen LogP contribution in [0.15, 0.2) is 47.6 Å². The molecule has 0 saturated heterocycles. The number of aromatic nitrogens is 2. The van der Waals surface area contributed by atoms with Crippen molar-refractivity contribution in [3.63, 3.8) is 0 Å². The molecule has 2 N–H and O–H groups in total. The minimum absolute atomic E-state index is 0.275. The van der Waals surface area contributed by atoms with Crippen molar-refractivity contribution in [2.45, 2.75) is 0 Å². The van der Waals surface area contributed by atoms with Crippen LogP contribution in [-0.4, -0.2) is 50.8 Å². The Morgan fingerprint density at radius 3 is 2.23 bits per heavy atom. The molecule has 0 saturated carbocycles. The second-order valence-electron chi connectivity index (χ2n) is 6.04. The molecule has 3 aromatic rings. The zero-order chi connectivity index (χ0) is 21.5. The number of methoxy groups -OCH3 is 4. The monoisotopic (exact) mass is 410 g/mol. The van der Waals surface area contributed by atoms with Gasteiger partial charge in [-0.15, -0.1) is 0 Å². The molecule has 2 aromatic carbocycles. The second-order valence-corrected chi connectivity index (χ2v) is 6.04. The third kappa shape index (κ3) is 4.52. The molecule has 0 aliphatic rings. The highest BCUT2D eigenvalue weighted by Crippen LogP contribution is 2.33. The number of nitrogens with zero attached hydrogens (tertiary/aromatic N) is 2. The summed E-state index contributed by atoms with van der Waals surface area (Å²) < 4.78 is 21.0. The molecule has 30 heavy (non-hydrogen) atoms. The predicted octanol–water partition coefficient (Wildman–Crippen LogP) is 2.88. The van der Waals surface area contributed by atoms with Gasteiger partial charge in [-0.1, -0.05) is 0 Å². The normalized spacial score (nSPS) is 10.7. The van der Waals surface area contributed by atoms with E-state index in [9.17, 15) is 4.79 Å². The van der Waals surface area contributed by atoms with Crippen LogP contribution in [0.3, 0.4) is 0 Å². The van der Waals surface area contributed by atoms with E-state index in [0.717, 1.165) is 11.3 Å². The SMILES string of the molecule is COc1ccc(-c2cc(C(=O)N/N=C/c3cc(OC)c(OC)cc3OC)[nH]n2)cc1. The van der Waals surface area contributed by atoms with Gasteiger partial charge in [0.25, 0.3) is 5.91 Å². The lowest BCUT2D eigenvalue weighted by molar-refractivity contribution is 0.0950. The molecular formula is C21H22N4O5. The van der Waals surface area contributed by atoms with Crippen molar-refractivity contribution in [3.05, 3.63) is 53.7 Å². The molecular weight excluding hydrogens is 388 g/mol. The van der Waals surface area contributed by atoms with Crippen LogP contribution >= 0.6 is 0 Å². The quantitative estimate of drug-likeness (QED) is 0.437. The highest BCUT2D eigenvalue weighted by molar-refractivity contribution is 5.94. The molecule has 0 spiro atoms. The summed E-state index contributed by atoms with van der Waals surface area (Å²) in [6.45, 7) is 0. The number of H-pyrrole nitrogens is 1. The maximum Gasteiger partial charge on any atom is 0.289 e. The van der Waals surface area contributed by atoms with Crippen molar-refractivity contribution < 1.29 is 23.7 Å². The van der Waals surface area contributed by atoms with Gasteiger partial charge in [0.2, 0.25) is 0 Å². The van der Waals surface area contributed by atoms with E-state index in [0.29, 0.717) is 28.5 Å². The Morgan fingerprint density at radius 2 is 1.60 bits per heavy atom. The Kier molecular flexibility index (Phi) is 6.53. The Hall–Kier alpha value is -4.01. The standard InChI is InChI=1S/C21H22N4O5/c1-27-15-7-5-13(6-8-15)16-10-17(24-23-16)21(26)25-22-12-14-9-19(29-3)20(30-4)11-18(14)28-2/h5-12H,1-4H3,(H,23,24)(H,25,26)/b22-12+. The summed E-state index contributed by atoms with van der Waals surface area (Å²) in [6, 6.07) is 12.4. The maximum atomic E-state index is 12.4. The van der Waals surface area contributed by atoms with Crippen LogP contribution in [0.2, 0.25) is 0 Å². The third-order valence-electron chi connectivity index (χ3n) is 4.31. The van der Waals surface area contributed by atoms with E-state index in [1.807, 2.05) is 24.3 Å². The third-order valence-corrected chi connectivity index (χ3v) is 4.31. The molecule has 1 heterocycles. The lowest BCUT2D eigenvalue weighted by Gasteiger charge is -2.11. The van der Waals surface area contributed by atoms with Crippen molar-refractivity contribution in [1.29, 1.82) is 0 Å². The zero-order valence-corrected chi connectivity index (χ0v) is 17.1. The topological polar surface area (TPSA) is 107 Å². The molecule has 0 aliphatic carbocycles. The van der Waals surface area contributed by atoms with E-state index in [4.69, 9.17) is 18.9 Å². The van der Waals surface area contributed by atoms with Gasteiger partial charge in [-0.05, 0) is 36.4 Å². The van der Waals surface area contributed by atoms with E-state index in [1.165, 1.54) is 27.5 Å². The Labute approximate surface area is 173 Å². The largest absolute Gasteiger partial charge is 0.497 e. The van der Waals surface area contributed by atoms with Crippen molar-refractivity contribution >= 4 is 12.1 Å². The van der Waals surface area contributed by atoms with Crippen LogP contribution in [0.5, 0.6) is 23.0 Å². The fourth-order valence-electron chi connectivity index (χ4n) is 2.72. The predicted molar refractivity (Wildman–Crippen MR) is 112 cm³/mol. The lowest BCUT2D eigenvalue weighted by atomic mass is 10.1. The van der Waals surface area contributed by atoms with E-state index in [1.54, 1.807) is 25.3 Å². The van der Waals surface area contributed by atoms with Crippen LogP contribution in [0.25, 0.3) is 11.3 Å². The molecule has 9 heteroatoms. The van der Waals surface area contributed by atoms with Crippen LogP contribution in [-0.2, 0) is 0 Å². The summed E-state index contributed by atoms with van der Waals surface area (Å²) in [6.07, 6.45) is 1.46. The second kappa shape index (κ2) is 9.46. The number of amides is 1. The first-order chi connectivity index (χ1) is 14.6. The Morgan fingerprint density at radius 1 is 0.933 bits per heavy atom. The van der Waals surface area contributed by atoms with Gasteiger partial charge >= 0.3 is 0 Å². The number of rotatable bonds is 8. The zero-order valence-electron chi connectivity index (χ0n) is 17.1.